The van der Waals surface area contributed by atoms with Gasteiger partial charge >= 0.3 is 0 Å². The quantitative estimate of drug-likeness (QED) is 0.787. The molecule has 108 valence electrons. The van der Waals surface area contributed by atoms with Crippen molar-refractivity contribution >= 4 is 0 Å². The number of nitrogens with one attached hydrogen (secondary N) is 1. The van der Waals surface area contributed by atoms with Gasteiger partial charge in [0.15, 0.2) is 6.61 Å². The van der Waals surface area contributed by atoms with E-state index >= 15 is 0 Å². The minimum absolute atomic E-state index is 0.321. The van der Waals surface area contributed by atoms with E-state index in [4.69, 9.17) is 9.26 Å². The molecular formula is C15H21N3O2. The van der Waals surface area contributed by atoms with Crippen LogP contribution in [0.25, 0.3) is 0 Å². The first-order chi connectivity index (χ1) is 9.69. The number of ether oxygens (including phenoxy) is 1. The summed E-state index contributed by atoms with van der Waals surface area (Å²) in [6, 6.07) is 6.17. The van der Waals surface area contributed by atoms with Crippen LogP contribution in [0.2, 0.25) is 0 Å². The monoisotopic (exact) mass is 275 g/mol. The number of aromatic nitrogens is 2. The van der Waals surface area contributed by atoms with Crippen LogP contribution in [0, 0.1) is 13.8 Å². The van der Waals surface area contributed by atoms with Crippen LogP contribution in [0.1, 0.15) is 36.2 Å². The Morgan fingerprint density at radius 3 is 2.85 bits per heavy atom. The van der Waals surface area contributed by atoms with Gasteiger partial charge in [-0.2, -0.15) is 4.98 Å². The highest BCUT2D eigenvalue weighted by Crippen LogP contribution is 2.21. The molecule has 0 aliphatic heterocycles. The summed E-state index contributed by atoms with van der Waals surface area (Å²) in [6.45, 7) is 8.12. The lowest BCUT2D eigenvalue weighted by molar-refractivity contribution is 0.282. The summed E-state index contributed by atoms with van der Waals surface area (Å²) >= 11 is 0. The van der Waals surface area contributed by atoms with Gasteiger partial charge in [0.2, 0.25) is 11.7 Å². The van der Waals surface area contributed by atoms with Crippen molar-refractivity contribution in [2.75, 3.05) is 6.54 Å². The fourth-order valence-corrected chi connectivity index (χ4v) is 1.93. The summed E-state index contributed by atoms with van der Waals surface area (Å²) in [4.78, 5) is 4.13. The molecule has 20 heavy (non-hydrogen) atoms. The van der Waals surface area contributed by atoms with Crippen molar-refractivity contribution in [3.63, 3.8) is 0 Å². The molecular weight excluding hydrogens is 254 g/mol. The molecule has 1 aromatic heterocycles. The molecule has 0 aliphatic rings. The molecule has 0 bridgehead atoms. The van der Waals surface area contributed by atoms with E-state index in [0.29, 0.717) is 18.3 Å². The van der Waals surface area contributed by atoms with E-state index in [9.17, 15) is 0 Å². The first-order valence-corrected chi connectivity index (χ1v) is 6.91. The Labute approximate surface area is 119 Å². The Hall–Kier alpha value is -1.88. The zero-order valence-electron chi connectivity index (χ0n) is 12.3. The van der Waals surface area contributed by atoms with Gasteiger partial charge in [0.05, 0.1) is 0 Å². The maximum Gasteiger partial charge on any atom is 0.223 e. The number of rotatable bonds is 7. The van der Waals surface area contributed by atoms with Crippen LogP contribution in [0.4, 0.5) is 0 Å². The Balaban J connectivity index is 2.01. The minimum atomic E-state index is 0.321. The van der Waals surface area contributed by atoms with Gasteiger partial charge in [-0.1, -0.05) is 29.8 Å². The van der Waals surface area contributed by atoms with Gasteiger partial charge < -0.3 is 14.6 Å². The van der Waals surface area contributed by atoms with E-state index in [1.54, 1.807) is 6.92 Å². The molecule has 0 spiro atoms. The number of aryl methyl sites for hydroxylation is 2. The van der Waals surface area contributed by atoms with Crippen molar-refractivity contribution in [1.82, 2.24) is 15.5 Å². The van der Waals surface area contributed by atoms with Crippen molar-refractivity contribution in [1.29, 1.82) is 0 Å². The fourth-order valence-electron chi connectivity index (χ4n) is 1.93. The first kappa shape index (κ1) is 14.5. The molecule has 5 heteroatoms. The van der Waals surface area contributed by atoms with Crippen LogP contribution in [-0.2, 0) is 13.2 Å². The van der Waals surface area contributed by atoms with Crippen LogP contribution in [0.5, 0.6) is 5.75 Å². The van der Waals surface area contributed by atoms with Gasteiger partial charge in [-0.15, -0.1) is 0 Å². The zero-order chi connectivity index (χ0) is 14.4. The van der Waals surface area contributed by atoms with Crippen molar-refractivity contribution in [2.45, 2.75) is 40.3 Å². The van der Waals surface area contributed by atoms with Crippen LogP contribution in [-0.4, -0.2) is 16.7 Å². The lowest BCUT2D eigenvalue weighted by Gasteiger charge is -2.12. The summed E-state index contributed by atoms with van der Waals surface area (Å²) in [6.07, 6.45) is 1.12. The van der Waals surface area contributed by atoms with E-state index in [-0.39, 0.29) is 0 Å². The highest BCUT2D eigenvalue weighted by molar-refractivity contribution is 5.36. The lowest BCUT2D eigenvalue weighted by atomic mass is 10.1. The van der Waals surface area contributed by atoms with Crippen molar-refractivity contribution in [2.24, 2.45) is 0 Å². The van der Waals surface area contributed by atoms with Gasteiger partial charge in [-0.05, 0) is 26.0 Å². The summed E-state index contributed by atoms with van der Waals surface area (Å²) < 4.78 is 10.7. The van der Waals surface area contributed by atoms with Crippen LogP contribution < -0.4 is 10.1 Å². The topological polar surface area (TPSA) is 60.2 Å². The molecule has 5 nitrogen and oxygen atoms in total. The highest BCUT2D eigenvalue weighted by Gasteiger charge is 2.07. The smallest absolute Gasteiger partial charge is 0.223 e. The minimum Gasteiger partial charge on any atom is -0.485 e. The molecule has 0 amide bonds. The average Bonchev–Trinajstić information content (AvgIpc) is 2.84. The predicted molar refractivity (Wildman–Crippen MR) is 76.5 cm³/mol. The molecule has 1 N–H and O–H groups in total. The molecule has 0 saturated carbocycles. The molecule has 0 saturated heterocycles. The first-order valence-electron chi connectivity index (χ1n) is 6.91. The maximum atomic E-state index is 5.80. The number of benzene rings is 1. The lowest BCUT2D eigenvalue weighted by Crippen LogP contribution is -2.15. The molecule has 2 rings (SSSR count). The van der Waals surface area contributed by atoms with Gasteiger partial charge in [-0.25, -0.2) is 0 Å². The molecule has 1 aromatic carbocycles. The molecule has 0 atom stereocenters. The Morgan fingerprint density at radius 1 is 1.30 bits per heavy atom. The standard InChI is InChI=1S/C15H21N3O2/c1-4-7-16-9-13-8-11(2)5-6-14(13)19-10-15-17-12(3)20-18-15/h5-6,8,16H,4,7,9-10H2,1-3H3. The normalized spacial score (nSPS) is 10.8. The Kier molecular flexibility index (Phi) is 5.12. The summed E-state index contributed by atoms with van der Waals surface area (Å²) in [7, 11) is 0. The largest absolute Gasteiger partial charge is 0.485 e. The second-order valence-corrected chi connectivity index (χ2v) is 4.81. The number of nitrogens with zero attached hydrogens (tertiary/aromatic N) is 2. The third kappa shape index (κ3) is 4.06. The van der Waals surface area contributed by atoms with Gasteiger partial charge in [-0.3, -0.25) is 0 Å². The predicted octanol–water partition coefficient (Wildman–Crippen LogP) is 2.77. The highest BCUT2D eigenvalue weighted by atomic mass is 16.5. The van der Waals surface area contributed by atoms with E-state index < -0.39 is 0 Å². The molecule has 0 radical (unpaired) electrons. The third-order valence-corrected chi connectivity index (χ3v) is 2.88. The Bertz CT molecular complexity index is 552. The second kappa shape index (κ2) is 7.05. The fraction of sp³-hybridized carbons (Fsp3) is 0.467. The third-order valence-electron chi connectivity index (χ3n) is 2.88. The van der Waals surface area contributed by atoms with E-state index in [0.717, 1.165) is 30.8 Å². The number of hydrogen-bond donors (Lipinski definition) is 1. The Morgan fingerprint density at radius 2 is 2.15 bits per heavy atom. The van der Waals surface area contributed by atoms with Gasteiger partial charge in [0.1, 0.15) is 5.75 Å². The summed E-state index contributed by atoms with van der Waals surface area (Å²) in [5, 5.41) is 7.22. The summed E-state index contributed by atoms with van der Waals surface area (Å²) in [5.74, 6) is 1.98. The van der Waals surface area contributed by atoms with E-state index in [1.807, 2.05) is 12.1 Å². The molecule has 0 fully saturated rings. The van der Waals surface area contributed by atoms with Crippen molar-refractivity contribution in [3.05, 3.63) is 41.0 Å². The molecule has 1 heterocycles. The van der Waals surface area contributed by atoms with Crippen molar-refractivity contribution in [3.8, 4) is 5.75 Å². The molecule has 2 aromatic rings. The molecule has 0 unspecified atom stereocenters. The van der Waals surface area contributed by atoms with Crippen molar-refractivity contribution < 1.29 is 9.26 Å². The van der Waals surface area contributed by atoms with E-state index in [1.165, 1.54) is 5.56 Å². The van der Waals surface area contributed by atoms with E-state index in [2.05, 4.69) is 35.4 Å². The molecule has 0 aliphatic carbocycles. The van der Waals surface area contributed by atoms with Crippen LogP contribution in [0.3, 0.4) is 0 Å². The SMILES string of the molecule is CCCNCc1cc(C)ccc1OCc1noc(C)n1. The second-order valence-electron chi connectivity index (χ2n) is 4.81. The average molecular weight is 275 g/mol. The van der Waals surface area contributed by atoms with Gasteiger partial charge in [0, 0.05) is 19.0 Å². The number of hydrogen-bond acceptors (Lipinski definition) is 5. The van der Waals surface area contributed by atoms with Crippen LogP contribution >= 0.6 is 0 Å². The van der Waals surface area contributed by atoms with Crippen LogP contribution in [0.15, 0.2) is 22.7 Å². The zero-order valence-corrected chi connectivity index (χ0v) is 12.3. The van der Waals surface area contributed by atoms with Gasteiger partial charge in [0.25, 0.3) is 0 Å². The maximum absolute atomic E-state index is 5.80. The summed E-state index contributed by atoms with van der Waals surface area (Å²) in [5.41, 5.74) is 2.37.